The van der Waals surface area contributed by atoms with Gasteiger partial charge in [-0.15, -0.1) is 0 Å². The number of esters is 1. The number of halogens is 2. The third-order valence-electron chi connectivity index (χ3n) is 2.08. The van der Waals surface area contributed by atoms with Crippen LogP contribution in [0, 0.1) is 0 Å². The molecule has 1 rings (SSSR count). The Morgan fingerprint density at radius 2 is 2.06 bits per heavy atom. The van der Waals surface area contributed by atoms with Gasteiger partial charge in [-0.25, -0.2) is 4.79 Å². The van der Waals surface area contributed by atoms with E-state index in [1.807, 2.05) is 25.9 Å². The molecule has 0 aliphatic rings. The molecule has 94 valence electrons. The van der Waals surface area contributed by atoms with Gasteiger partial charge in [-0.2, -0.15) is 0 Å². The van der Waals surface area contributed by atoms with Gasteiger partial charge < -0.3 is 9.64 Å². The van der Waals surface area contributed by atoms with Crippen molar-refractivity contribution in [1.29, 1.82) is 0 Å². The van der Waals surface area contributed by atoms with Gasteiger partial charge in [0.15, 0.2) is 0 Å². The van der Waals surface area contributed by atoms with E-state index in [0.29, 0.717) is 22.2 Å². The molecule has 0 aliphatic heterocycles. The van der Waals surface area contributed by atoms with Gasteiger partial charge in [0, 0.05) is 11.6 Å². The SMILES string of the molecule is C[C@@H](CN(C)C)OC(=O)c1ccc(Cl)cc1Cl. The molecule has 0 bridgehead atoms. The van der Waals surface area contributed by atoms with E-state index in [-0.39, 0.29) is 6.10 Å². The van der Waals surface area contributed by atoms with Gasteiger partial charge in [0.1, 0.15) is 6.10 Å². The van der Waals surface area contributed by atoms with Gasteiger partial charge in [0.25, 0.3) is 0 Å². The first kappa shape index (κ1) is 14.3. The molecule has 0 aromatic heterocycles. The van der Waals surface area contributed by atoms with Gasteiger partial charge in [-0.3, -0.25) is 0 Å². The fourth-order valence-corrected chi connectivity index (χ4v) is 1.94. The lowest BCUT2D eigenvalue weighted by Gasteiger charge is -2.17. The molecule has 17 heavy (non-hydrogen) atoms. The quantitative estimate of drug-likeness (QED) is 0.791. The van der Waals surface area contributed by atoms with E-state index in [9.17, 15) is 4.79 Å². The maximum absolute atomic E-state index is 11.8. The Morgan fingerprint density at radius 3 is 2.59 bits per heavy atom. The van der Waals surface area contributed by atoms with Crippen LogP contribution < -0.4 is 0 Å². The smallest absolute Gasteiger partial charge is 0.339 e. The lowest BCUT2D eigenvalue weighted by Crippen LogP contribution is -2.28. The third kappa shape index (κ3) is 4.54. The summed E-state index contributed by atoms with van der Waals surface area (Å²) in [6, 6.07) is 4.70. The van der Waals surface area contributed by atoms with Crippen LogP contribution >= 0.6 is 23.2 Å². The summed E-state index contributed by atoms with van der Waals surface area (Å²) in [5.74, 6) is -0.430. The molecule has 5 heteroatoms. The summed E-state index contributed by atoms with van der Waals surface area (Å²) >= 11 is 11.7. The molecule has 0 N–H and O–H groups in total. The average molecular weight is 276 g/mol. The first-order chi connectivity index (χ1) is 7.90. The van der Waals surface area contributed by atoms with Crippen molar-refractivity contribution >= 4 is 29.2 Å². The van der Waals surface area contributed by atoms with E-state index in [1.54, 1.807) is 12.1 Å². The van der Waals surface area contributed by atoms with Gasteiger partial charge in [-0.05, 0) is 39.2 Å². The van der Waals surface area contributed by atoms with Crippen LogP contribution in [-0.4, -0.2) is 37.6 Å². The minimum absolute atomic E-state index is 0.191. The highest BCUT2D eigenvalue weighted by Crippen LogP contribution is 2.22. The summed E-state index contributed by atoms with van der Waals surface area (Å²) in [7, 11) is 3.83. The van der Waals surface area contributed by atoms with Crippen LogP contribution in [0.3, 0.4) is 0 Å². The van der Waals surface area contributed by atoms with Crippen molar-refractivity contribution in [2.75, 3.05) is 20.6 Å². The normalized spacial score (nSPS) is 12.6. The van der Waals surface area contributed by atoms with Crippen molar-refractivity contribution in [1.82, 2.24) is 4.90 Å². The van der Waals surface area contributed by atoms with Crippen molar-refractivity contribution in [3.8, 4) is 0 Å². The summed E-state index contributed by atoms with van der Waals surface area (Å²) in [5.41, 5.74) is 0.335. The maximum Gasteiger partial charge on any atom is 0.339 e. The summed E-state index contributed by atoms with van der Waals surface area (Å²) < 4.78 is 5.26. The highest BCUT2D eigenvalue weighted by atomic mass is 35.5. The Bertz CT molecular complexity index is 407. The molecule has 0 saturated heterocycles. The molecule has 0 unspecified atom stereocenters. The van der Waals surface area contributed by atoms with Crippen LogP contribution in [0.25, 0.3) is 0 Å². The van der Waals surface area contributed by atoms with Crippen molar-refractivity contribution in [2.45, 2.75) is 13.0 Å². The zero-order valence-electron chi connectivity index (χ0n) is 10.0. The number of benzene rings is 1. The molecular weight excluding hydrogens is 261 g/mol. The summed E-state index contributed by atoms with van der Waals surface area (Å²) in [4.78, 5) is 13.7. The van der Waals surface area contributed by atoms with Crippen LogP contribution in [0.4, 0.5) is 0 Å². The summed E-state index contributed by atoms with van der Waals surface area (Å²) in [6.45, 7) is 2.50. The minimum atomic E-state index is -0.430. The summed E-state index contributed by atoms with van der Waals surface area (Å²) in [5, 5.41) is 0.799. The monoisotopic (exact) mass is 275 g/mol. The number of carbonyl (C=O) groups excluding carboxylic acids is 1. The molecule has 0 amide bonds. The molecule has 0 radical (unpaired) electrons. The molecule has 1 aromatic rings. The van der Waals surface area contributed by atoms with Gasteiger partial charge >= 0.3 is 5.97 Å². The number of carbonyl (C=O) groups is 1. The topological polar surface area (TPSA) is 29.5 Å². The van der Waals surface area contributed by atoms with Crippen LogP contribution in [0.1, 0.15) is 17.3 Å². The van der Waals surface area contributed by atoms with Crippen LogP contribution in [-0.2, 0) is 4.74 Å². The molecule has 0 saturated carbocycles. The molecule has 0 fully saturated rings. The predicted octanol–water partition coefficient (Wildman–Crippen LogP) is 3.10. The zero-order valence-corrected chi connectivity index (χ0v) is 11.5. The van der Waals surface area contributed by atoms with E-state index in [2.05, 4.69) is 0 Å². The first-order valence-corrected chi connectivity index (χ1v) is 5.96. The first-order valence-electron chi connectivity index (χ1n) is 5.21. The van der Waals surface area contributed by atoms with E-state index >= 15 is 0 Å². The van der Waals surface area contributed by atoms with Gasteiger partial charge in [0.05, 0.1) is 10.6 Å². The fraction of sp³-hybridized carbons (Fsp3) is 0.417. The van der Waals surface area contributed by atoms with Crippen molar-refractivity contribution < 1.29 is 9.53 Å². The zero-order chi connectivity index (χ0) is 13.0. The number of nitrogens with zero attached hydrogens (tertiary/aromatic N) is 1. The molecule has 0 aliphatic carbocycles. The molecule has 0 spiro atoms. The second-order valence-corrected chi connectivity index (χ2v) is 4.95. The minimum Gasteiger partial charge on any atom is -0.458 e. The number of likely N-dealkylation sites (N-methyl/N-ethyl adjacent to an activating group) is 1. The molecule has 3 nitrogen and oxygen atoms in total. The van der Waals surface area contributed by atoms with Crippen LogP contribution in [0.2, 0.25) is 10.0 Å². The number of hydrogen-bond donors (Lipinski definition) is 0. The Balaban J connectivity index is 2.70. The second kappa shape index (κ2) is 6.24. The molecule has 1 atom stereocenters. The lowest BCUT2D eigenvalue weighted by molar-refractivity contribution is 0.0289. The Morgan fingerprint density at radius 1 is 1.41 bits per heavy atom. The van der Waals surface area contributed by atoms with Crippen molar-refractivity contribution in [2.24, 2.45) is 0 Å². The Labute approximate surface area is 111 Å². The largest absolute Gasteiger partial charge is 0.458 e. The molecule has 1 aromatic carbocycles. The number of rotatable bonds is 4. The summed E-state index contributed by atoms with van der Waals surface area (Å²) in [6.07, 6.45) is -0.191. The van der Waals surface area contributed by atoms with Gasteiger partial charge in [0.2, 0.25) is 0 Å². The Hall–Kier alpha value is -0.770. The average Bonchev–Trinajstić information content (AvgIpc) is 2.15. The van der Waals surface area contributed by atoms with E-state index < -0.39 is 5.97 Å². The van der Waals surface area contributed by atoms with E-state index in [4.69, 9.17) is 27.9 Å². The molecular formula is C12H15Cl2NO2. The highest BCUT2D eigenvalue weighted by Gasteiger charge is 2.15. The maximum atomic E-state index is 11.8. The third-order valence-corrected chi connectivity index (χ3v) is 2.63. The lowest BCUT2D eigenvalue weighted by atomic mass is 10.2. The Kier molecular flexibility index (Phi) is 5.25. The number of hydrogen-bond acceptors (Lipinski definition) is 3. The highest BCUT2D eigenvalue weighted by molar-refractivity contribution is 6.36. The second-order valence-electron chi connectivity index (χ2n) is 4.10. The standard InChI is InChI=1S/C12H15Cl2NO2/c1-8(7-15(2)3)17-12(16)10-5-4-9(13)6-11(10)14/h4-6,8H,7H2,1-3H3/t8-/m0/s1. The predicted molar refractivity (Wildman–Crippen MR) is 69.9 cm³/mol. The van der Waals surface area contributed by atoms with Crippen LogP contribution in [0.15, 0.2) is 18.2 Å². The molecule has 0 heterocycles. The van der Waals surface area contributed by atoms with Crippen LogP contribution in [0.5, 0.6) is 0 Å². The fourth-order valence-electron chi connectivity index (χ4n) is 1.45. The van der Waals surface area contributed by atoms with E-state index in [1.165, 1.54) is 6.07 Å². The number of ether oxygens (including phenoxy) is 1. The van der Waals surface area contributed by atoms with E-state index in [0.717, 1.165) is 0 Å². The van der Waals surface area contributed by atoms with Crippen molar-refractivity contribution in [3.63, 3.8) is 0 Å². The van der Waals surface area contributed by atoms with Gasteiger partial charge in [-0.1, -0.05) is 23.2 Å². The van der Waals surface area contributed by atoms with Crippen molar-refractivity contribution in [3.05, 3.63) is 33.8 Å².